The Bertz CT molecular complexity index is 893. The van der Waals surface area contributed by atoms with Gasteiger partial charge in [-0.1, -0.05) is 6.07 Å². The van der Waals surface area contributed by atoms with E-state index in [9.17, 15) is 9.59 Å². The van der Waals surface area contributed by atoms with Crippen LogP contribution in [0, 0.1) is 0 Å². The molecule has 1 atom stereocenters. The molecular formula is C24H30N2O6. The van der Waals surface area contributed by atoms with E-state index in [1.54, 1.807) is 23.2 Å². The van der Waals surface area contributed by atoms with E-state index >= 15 is 0 Å². The lowest BCUT2D eigenvalue weighted by molar-refractivity contribution is -0.153. The number of benzene rings is 1. The van der Waals surface area contributed by atoms with Crippen molar-refractivity contribution in [1.29, 1.82) is 0 Å². The first-order chi connectivity index (χ1) is 15.6. The largest absolute Gasteiger partial charge is 0.493 e. The first kappa shape index (κ1) is 23.4. The zero-order valence-electron chi connectivity index (χ0n) is 18.8. The number of aromatic nitrogens is 1. The lowest BCUT2D eigenvalue weighted by Gasteiger charge is -2.23. The normalized spacial score (nSPS) is 15.3. The van der Waals surface area contributed by atoms with Gasteiger partial charge in [0, 0.05) is 18.9 Å². The van der Waals surface area contributed by atoms with E-state index in [0.717, 1.165) is 24.0 Å². The summed E-state index contributed by atoms with van der Waals surface area (Å²) in [6.45, 7) is 0.859. The SMILES string of the molecule is COc1cc(CC(=O)N2CCC[C@H]2C(=O)OCCCc2cccnc2)cc(OC)c1OC. The standard InChI is InChI=1S/C24H30N2O6/c1-29-20-13-18(14-21(30-2)23(20)31-3)15-22(27)26-11-5-9-19(26)24(28)32-12-6-8-17-7-4-10-25-16-17/h4,7,10,13-14,16,19H,5-6,8-9,11-12,15H2,1-3H3/t19-/m0/s1. The summed E-state index contributed by atoms with van der Waals surface area (Å²) in [6, 6.07) is 6.84. The fourth-order valence-corrected chi connectivity index (χ4v) is 3.92. The van der Waals surface area contributed by atoms with Crippen LogP contribution in [0.3, 0.4) is 0 Å². The van der Waals surface area contributed by atoms with Crippen LogP contribution in [0.1, 0.15) is 30.4 Å². The highest BCUT2D eigenvalue weighted by Gasteiger charge is 2.35. The summed E-state index contributed by atoms with van der Waals surface area (Å²) in [6.07, 6.45) is 6.55. The predicted octanol–water partition coefficient (Wildman–Crippen LogP) is 2.82. The number of pyridine rings is 1. The van der Waals surface area contributed by atoms with E-state index in [4.69, 9.17) is 18.9 Å². The molecule has 1 amide bonds. The number of nitrogens with zero attached hydrogens (tertiary/aromatic N) is 2. The molecule has 8 nitrogen and oxygen atoms in total. The topological polar surface area (TPSA) is 87.2 Å². The molecule has 8 heteroatoms. The number of likely N-dealkylation sites (tertiary alicyclic amines) is 1. The van der Waals surface area contributed by atoms with Crippen LogP contribution in [0.5, 0.6) is 17.2 Å². The van der Waals surface area contributed by atoms with E-state index in [0.29, 0.717) is 43.2 Å². The van der Waals surface area contributed by atoms with Crippen LogP contribution >= 0.6 is 0 Å². The van der Waals surface area contributed by atoms with Crippen LogP contribution in [-0.4, -0.2) is 62.3 Å². The van der Waals surface area contributed by atoms with Crippen LogP contribution in [0.25, 0.3) is 0 Å². The maximum absolute atomic E-state index is 13.0. The third-order valence-electron chi connectivity index (χ3n) is 5.50. The average Bonchev–Trinajstić information content (AvgIpc) is 3.32. The number of hydrogen-bond acceptors (Lipinski definition) is 7. The maximum atomic E-state index is 13.0. The van der Waals surface area contributed by atoms with Crippen molar-refractivity contribution in [2.45, 2.75) is 38.1 Å². The highest BCUT2D eigenvalue weighted by atomic mass is 16.5. The second-order valence-corrected chi connectivity index (χ2v) is 7.59. The number of rotatable bonds is 10. The summed E-state index contributed by atoms with van der Waals surface area (Å²) in [4.78, 5) is 31.3. The molecule has 1 saturated heterocycles. The van der Waals surface area contributed by atoms with Crippen molar-refractivity contribution in [3.05, 3.63) is 47.8 Å². The van der Waals surface area contributed by atoms with Crippen molar-refractivity contribution < 1.29 is 28.5 Å². The number of carbonyl (C=O) groups is 2. The summed E-state index contributed by atoms with van der Waals surface area (Å²) in [7, 11) is 4.59. The zero-order chi connectivity index (χ0) is 22.9. The van der Waals surface area contributed by atoms with Gasteiger partial charge in [0.25, 0.3) is 0 Å². The first-order valence-corrected chi connectivity index (χ1v) is 10.7. The van der Waals surface area contributed by atoms with Gasteiger partial charge in [-0.15, -0.1) is 0 Å². The molecule has 0 spiro atoms. The first-order valence-electron chi connectivity index (χ1n) is 10.7. The average molecular weight is 443 g/mol. The molecule has 1 aromatic heterocycles. The molecule has 3 rings (SSSR count). The van der Waals surface area contributed by atoms with Gasteiger partial charge in [0.15, 0.2) is 11.5 Å². The molecule has 1 aliphatic heterocycles. The lowest BCUT2D eigenvalue weighted by Crippen LogP contribution is -2.42. The highest BCUT2D eigenvalue weighted by molar-refractivity contribution is 5.86. The number of aryl methyl sites for hydroxylation is 1. The van der Waals surface area contributed by atoms with Crippen LogP contribution in [0.15, 0.2) is 36.7 Å². The van der Waals surface area contributed by atoms with Gasteiger partial charge in [0.2, 0.25) is 11.7 Å². The molecule has 0 N–H and O–H groups in total. The van der Waals surface area contributed by atoms with Crippen molar-refractivity contribution in [2.24, 2.45) is 0 Å². The molecule has 172 valence electrons. The molecule has 0 radical (unpaired) electrons. The number of esters is 1. The third-order valence-corrected chi connectivity index (χ3v) is 5.50. The molecular weight excluding hydrogens is 412 g/mol. The minimum absolute atomic E-state index is 0.126. The fourth-order valence-electron chi connectivity index (χ4n) is 3.92. The Morgan fingerprint density at radius 1 is 1.09 bits per heavy atom. The van der Waals surface area contributed by atoms with E-state index in [1.165, 1.54) is 21.3 Å². The Labute approximate surface area is 188 Å². The van der Waals surface area contributed by atoms with Crippen LogP contribution in [0.2, 0.25) is 0 Å². The fraction of sp³-hybridized carbons (Fsp3) is 0.458. The Morgan fingerprint density at radius 2 is 1.84 bits per heavy atom. The third kappa shape index (κ3) is 5.69. The van der Waals surface area contributed by atoms with Gasteiger partial charge in [-0.2, -0.15) is 0 Å². The summed E-state index contributed by atoms with van der Waals surface area (Å²) in [5, 5.41) is 0. The van der Waals surface area contributed by atoms with E-state index in [1.807, 2.05) is 18.3 Å². The molecule has 0 unspecified atom stereocenters. The van der Waals surface area contributed by atoms with Gasteiger partial charge in [-0.05, 0) is 55.0 Å². The predicted molar refractivity (Wildman–Crippen MR) is 118 cm³/mol. The van der Waals surface area contributed by atoms with Gasteiger partial charge < -0.3 is 23.8 Å². The molecule has 0 saturated carbocycles. The summed E-state index contributed by atoms with van der Waals surface area (Å²) in [5.74, 6) is 0.974. The summed E-state index contributed by atoms with van der Waals surface area (Å²) < 4.78 is 21.5. The van der Waals surface area contributed by atoms with Gasteiger partial charge in [-0.25, -0.2) is 4.79 Å². The monoisotopic (exact) mass is 442 g/mol. The molecule has 2 heterocycles. The minimum atomic E-state index is -0.539. The van der Waals surface area contributed by atoms with E-state index < -0.39 is 6.04 Å². The lowest BCUT2D eigenvalue weighted by atomic mass is 10.1. The Kier molecular flexibility index (Phi) is 8.30. The highest BCUT2D eigenvalue weighted by Crippen LogP contribution is 2.38. The summed E-state index contributed by atoms with van der Waals surface area (Å²) >= 11 is 0. The minimum Gasteiger partial charge on any atom is -0.493 e. The Hall–Kier alpha value is -3.29. The van der Waals surface area contributed by atoms with E-state index in [2.05, 4.69) is 4.98 Å². The van der Waals surface area contributed by atoms with Crippen molar-refractivity contribution >= 4 is 11.9 Å². The smallest absolute Gasteiger partial charge is 0.328 e. The van der Waals surface area contributed by atoms with Gasteiger partial charge in [-0.3, -0.25) is 9.78 Å². The van der Waals surface area contributed by atoms with Crippen molar-refractivity contribution in [3.63, 3.8) is 0 Å². The van der Waals surface area contributed by atoms with Crippen LogP contribution in [0.4, 0.5) is 0 Å². The number of methoxy groups -OCH3 is 3. The van der Waals surface area contributed by atoms with Crippen molar-refractivity contribution in [2.75, 3.05) is 34.5 Å². The van der Waals surface area contributed by atoms with E-state index in [-0.39, 0.29) is 18.3 Å². The molecule has 0 aliphatic carbocycles. The number of amides is 1. The molecule has 32 heavy (non-hydrogen) atoms. The number of carbonyl (C=O) groups excluding carboxylic acids is 2. The molecule has 1 aromatic carbocycles. The summed E-state index contributed by atoms with van der Waals surface area (Å²) in [5.41, 5.74) is 1.83. The second-order valence-electron chi connectivity index (χ2n) is 7.59. The van der Waals surface area contributed by atoms with Gasteiger partial charge in [0.1, 0.15) is 6.04 Å². The quantitative estimate of drug-likeness (QED) is 0.413. The van der Waals surface area contributed by atoms with Gasteiger partial charge in [0.05, 0.1) is 34.4 Å². The molecule has 0 bridgehead atoms. The molecule has 1 aliphatic rings. The van der Waals surface area contributed by atoms with Crippen LogP contribution < -0.4 is 14.2 Å². The van der Waals surface area contributed by atoms with Crippen molar-refractivity contribution in [3.8, 4) is 17.2 Å². The second kappa shape index (κ2) is 11.4. The Balaban J connectivity index is 1.57. The molecule has 2 aromatic rings. The number of hydrogen-bond donors (Lipinski definition) is 0. The maximum Gasteiger partial charge on any atom is 0.328 e. The van der Waals surface area contributed by atoms with Crippen LogP contribution in [-0.2, 0) is 27.2 Å². The zero-order valence-corrected chi connectivity index (χ0v) is 18.8. The Morgan fingerprint density at radius 3 is 2.47 bits per heavy atom. The molecule has 1 fully saturated rings. The number of ether oxygens (including phenoxy) is 4. The van der Waals surface area contributed by atoms with Gasteiger partial charge >= 0.3 is 5.97 Å². The van der Waals surface area contributed by atoms with Crippen molar-refractivity contribution in [1.82, 2.24) is 9.88 Å².